The van der Waals surface area contributed by atoms with Gasteiger partial charge in [0.25, 0.3) is 0 Å². The van der Waals surface area contributed by atoms with Gasteiger partial charge in [0.1, 0.15) is 0 Å². The molecule has 0 N–H and O–H groups in total. The van der Waals surface area contributed by atoms with Crippen LogP contribution in [-0.4, -0.2) is 9.13 Å². The molecule has 0 saturated heterocycles. The van der Waals surface area contributed by atoms with E-state index in [2.05, 4.69) is 215 Å². The highest BCUT2D eigenvalue weighted by Gasteiger charge is 2.17. The zero-order chi connectivity index (χ0) is 36.7. The van der Waals surface area contributed by atoms with Crippen molar-refractivity contribution in [1.29, 1.82) is 0 Å². The van der Waals surface area contributed by atoms with Crippen molar-refractivity contribution in [2.75, 3.05) is 0 Å². The summed E-state index contributed by atoms with van der Waals surface area (Å²) in [6.07, 6.45) is 0. The molecule has 260 valence electrons. The largest absolute Gasteiger partial charge is 0.309 e. The van der Waals surface area contributed by atoms with E-state index in [1.165, 1.54) is 104 Å². The molecule has 0 saturated carbocycles. The van der Waals surface area contributed by atoms with Gasteiger partial charge in [0.05, 0.1) is 22.1 Å². The summed E-state index contributed by atoms with van der Waals surface area (Å²) in [6, 6.07) is 75.7. The fraction of sp³-hybridized carbons (Fsp3) is 0. The minimum Gasteiger partial charge on any atom is -0.309 e. The molecule has 2 nitrogen and oxygen atoms in total. The lowest BCUT2D eigenvalue weighted by atomic mass is 9.91. The molecule has 2 aromatic heterocycles. The average molecular weight is 711 g/mol. The molecule has 0 aliphatic carbocycles. The Balaban J connectivity index is 0.991. The highest BCUT2D eigenvalue weighted by atomic mass is 15.0. The van der Waals surface area contributed by atoms with Crippen molar-refractivity contribution in [2.45, 2.75) is 0 Å². The quantitative estimate of drug-likeness (QED) is 0.161. The summed E-state index contributed by atoms with van der Waals surface area (Å²) in [5.41, 5.74) is 12.0. The van der Waals surface area contributed by atoms with Crippen LogP contribution < -0.4 is 0 Å². The van der Waals surface area contributed by atoms with Crippen LogP contribution in [-0.2, 0) is 0 Å². The molecule has 0 atom stereocenters. The molecular formula is C54H34N2. The summed E-state index contributed by atoms with van der Waals surface area (Å²) in [6.45, 7) is 0. The molecule has 0 amide bonds. The van der Waals surface area contributed by atoms with Crippen LogP contribution in [0.3, 0.4) is 0 Å². The lowest BCUT2D eigenvalue weighted by molar-refractivity contribution is 1.18. The Hall–Kier alpha value is -7.42. The van der Waals surface area contributed by atoms with Gasteiger partial charge in [0, 0.05) is 32.9 Å². The van der Waals surface area contributed by atoms with E-state index in [0.29, 0.717) is 0 Å². The van der Waals surface area contributed by atoms with Crippen LogP contribution in [0.4, 0.5) is 0 Å². The summed E-state index contributed by atoms with van der Waals surface area (Å²) in [5, 5.41) is 12.8. The Morgan fingerprint density at radius 1 is 0.250 bits per heavy atom. The fourth-order valence-corrected chi connectivity index (χ4v) is 9.34. The molecule has 0 unspecified atom stereocenters. The minimum absolute atomic E-state index is 1.15. The Labute approximate surface area is 323 Å². The summed E-state index contributed by atoms with van der Waals surface area (Å²) in [7, 11) is 0. The standard InChI is InChI=1S/C54H34N2/c1-2-13-40(14-3-1)56-50-20-10-8-17-44(50)46-30-26-38(34-53(46)56)37-27-31-52-49(32-37)45-18-9-11-21-51(45)55(52)41-28-24-36(25-29-41)48-33-39-23-22-35-12-4-5-15-42(35)54(39)47-19-7-6-16-43(47)48/h1-34H. The Kier molecular flexibility index (Phi) is 6.66. The Morgan fingerprint density at radius 3 is 1.55 bits per heavy atom. The van der Waals surface area contributed by atoms with Crippen molar-refractivity contribution in [1.82, 2.24) is 9.13 Å². The van der Waals surface area contributed by atoms with E-state index in [4.69, 9.17) is 0 Å². The molecule has 0 spiro atoms. The maximum Gasteiger partial charge on any atom is 0.0547 e. The molecule has 0 bridgehead atoms. The first-order valence-corrected chi connectivity index (χ1v) is 19.3. The molecule has 0 radical (unpaired) electrons. The normalized spacial score (nSPS) is 11.9. The van der Waals surface area contributed by atoms with Crippen LogP contribution in [0.15, 0.2) is 206 Å². The van der Waals surface area contributed by atoms with E-state index < -0.39 is 0 Å². The molecule has 2 heterocycles. The Morgan fingerprint density at radius 2 is 0.768 bits per heavy atom. The number of hydrogen-bond acceptors (Lipinski definition) is 0. The zero-order valence-electron chi connectivity index (χ0n) is 30.5. The van der Waals surface area contributed by atoms with Gasteiger partial charge in [-0.3, -0.25) is 0 Å². The summed E-state index contributed by atoms with van der Waals surface area (Å²) < 4.78 is 4.81. The Bertz CT molecular complexity index is 3510. The summed E-state index contributed by atoms with van der Waals surface area (Å²) >= 11 is 0. The van der Waals surface area contributed by atoms with E-state index in [9.17, 15) is 0 Å². The number of aromatic nitrogens is 2. The smallest absolute Gasteiger partial charge is 0.0547 e. The van der Waals surface area contributed by atoms with Crippen LogP contribution in [0.1, 0.15) is 0 Å². The lowest BCUT2D eigenvalue weighted by Crippen LogP contribution is -1.94. The molecule has 56 heavy (non-hydrogen) atoms. The van der Waals surface area contributed by atoms with Gasteiger partial charge in [0.15, 0.2) is 0 Å². The van der Waals surface area contributed by atoms with Crippen molar-refractivity contribution >= 4 is 75.9 Å². The molecule has 2 heteroatoms. The summed E-state index contributed by atoms with van der Waals surface area (Å²) in [5.74, 6) is 0. The molecule has 0 fully saturated rings. The first-order valence-electron chi connectivity index (χ1n) is 19.3. The second-order valence-corrected chi connectivity index (χ2v) is 14.9. The first kappa shape index (κ1) is 31.0. The van der Waals surface area contributed by atoms with Gasteiger partial charge < -0.3 is 9.13 Å². The number of hydrogen-bond donors (Lipinski definition) is 0. The van der Waals surface area contributed by atoms with Gasteiger partial charge >= 0.3 is 0 Å². The van der Waals surface area contributed by atoms with Crippen molar-refractivity contribution in [3.05, 3.63) is 206 Å². The summed E-state index contributed by atoms with van der Waals surface area (Å²) in [4.78, 5) is 0. The third-order valence-corrected chi connectivity index (χ3v) is 11.9. The number of para-hydroxylation sites is 3. The van der Waals surface area contributed by atoms with E-state index in [0.717, 1.165) is 5.69 Å². The van der Waals surface area contributed by atoms with Gasteiger partial charge in [0.2, 0.25) is 0 Å². The third-order valence-electron chi connectivity index (χ3n) is 11.9. The molecule has 0 aliphatic heterocycles. The highest BCUT2D eigenvalue weighted by molar-refractivity contribution is 6.23. The monoisotopic (exact) mass is 710 g/mol. The second kappa shape index (κ2) is 12.0. The van der Waals surface area contributed by atoms with Gasteiger partial charge in [-0.25, -0.2) is 0 Å². The van der Waals surface area contributed by atoms with Crippen molar-refractivity contribution < 1.29 is 0 Å². The minimum atomic E-state index is 1.15. The number of rotatable bonds is 4. The topological polar surface area (TPSA) is 9.86 Å². The van der Waals surface area contributed by atoms with E-state index >= 15 is 0 Å². The van der Waals surface area contributed by atoms with E-state index in [1.807, 2.05) is 0 Å². The van der Waals surface area contributed by atoms with Crippen molar-refractivity contribution in [3.63, 3.8) is 0 Å². The molecule has 10 aromatic carbocycles. The van der Waals surface area contributed by atoms with Crippen LogP contribution in [0.5, 0.6) is 0 Å². The van der Waals surface area contributed by atoms with Gasteiger partial charge in [-0.1, -0.05) is 146 Å². The first-order chi connectivity index (χ1) is 27.8. The van der Waals surface area contributed by atoms with Crippen LogP contribution in [0.2, 0.25) is 0 Å². The van der Waals surface area contributed by atoms with Crippen LogP contribution >= 0.6 is 0 Å². The third kappa shape index (κ3) is 4.57. The zero-order valence-corrected chi connectivity index (χ0v) is 30.5. The van der Waals surface area contributed by atoms with Gasteiger partial charge in [-0.2, -0.15) is 0 Å². The van der Waals surface area contributed by atoms with Gasteiger partial charge in [-0.15, -0.1) is 0 Å². The number of nitrogens with zero attached hydrogens (tertiary/aromatic N) is 2. The average Bonchev–Trinajstić information content (AvgIpc) is 3.78. The molecular weight excluding hydrogens is 677 g/mol. The van der Waals surface area contributed by atoms with Crippen molar-refractivity contribution in [2.24, 2.45) is 0 Å². The van der Waals surface area contributed by atoms with Crippen LogP contribution in [0.25, 0.3) is 110 Å². The predicted octanol–water partition coefficient (Wildman–Crippen LogP) is 14.7. The lowest BCUT2D eigenvalue weighted by Gasteiger charge is -2.14. The maximum atomic E-state index is 2.42. The van der Waals surface area contributed by atoms with Crippen molar-refractivity contribution in [3.8, 4) is 33.6 Å². The molecule has 12 rings (SSSR count). The fourth-order valence-electron chi connectivity index (χ4n) is 9.34. The highest BCUT2D eigenvalue weighted by Crippen LogP contribution is 2.41. The molecule has 0 aliphatic rings. The maximum absolute atomic E-state index is 2.42. The van der Waals surface area contributed by atoms with E-state index in [-0.39, 0.29) is 0 Å². The second-order valence-electron chi connectivity index (χ2n) is 14.9. The van der Waals surface area contributed by atoms with Crippen LogP contribution in [0, 0.1) is 0 Å². The predicted molar refractivity (Wildman–Crippen MR) is 239 cm³/mol. The SMILES string of the molecule is c1ccc(-n2c3ccccc3c3ccc(-c4ccc5c(c4)c4ccccc4n5-c4ccc(-c5cc6ccc7ccccc7c6c6ccccc56)cc4)cc32)cc1. The number of benzene rings is 10. The number of fused-ring (bicyclic) bond motifs is 11. The van der Waals surface area contributed by atoms with Gasteiger partial charge in [-0.05, 0) is 115 Å². The van der Waals surface area contributed by atoms with E-state index in [1.54, 1.807) is 0 Å². The molecule has 12 aromatic rings.